The summed E-state index contributed by atoms with van der Waals surface area (Å²) >= 11 is 0. The van der Waals surface area contributed by atoms with E-state index in [0.29, 0.717) is 17.6 Å². The van der Waals surface area contributed by atoms with Crippen molar-refractivity contribution in [1.29, 1.82) is 0 Å². The minimum atomic E-state index is -3.07. The molecule has 132 valence electrons. The molecular formula is C15H17N5O4S. The Morgan fingerprint density at radius 2 is 2.24 bits per heavy atom. The molecule has 2 saturated heterocycles. The molecule has 0 radical (unpaired) electrons. The predicted octanol–water partition coefficient (Wildman–Crippen LogP) is -0.0680. The number of rotatable bonds is 3. The van der Waals surface area contributed by atoms with Crippen LogP contribution < -0.4 is 5.32 Å². The predicted molar refractivity (Wildman–Crippen MR) is 89.4 cm³/mol. The lowest BCUT2D eigenvalue weighted by atomic mass is 10.1. The summed E-state index contributed by atoms with van der Waals surface area (Å²) in [5, 5.41) is 2.68. The number of nitrogens with zero attached hydrogens (tertiary/aromatic N) is 3. The van der Waals surface area contributed by atoms with E-state index in [1.54, 1.807) is 18.3 Å². The number of carbonyl (C=O) groups is 2. The van der Waals surface area contributed by atoms with Crippen LogP contribution in [-0.4, -0.2) is 64.2 Å². The van der Waals surface area contributed by atoms with Gasteiger partial charge in [-0.05, 0) is 18.6 Å². The number of hydrogen-bond acceptors (Lipinski definition) is 6. The monoisotopic (exact) mass is 363 g/mol. The highest BCUT2D eigenvalue weighted by Crippen LogP contribution is 2.27. The van der Waals surface area contributed by atoms with Gasteiger partial charge < -0.3 is 9.88 Å². The van der Waals surface area contributed by atoms with Gasteiger partial charge in [0, 0.05) is 25.2 Å². The number of amides is 2. The van der Waals surface area contributed by atoms with Gasteiger partial charge in [-0.2, -0.15) is 4.98 Å². The summed E-state index contributed by atoms with van der Waals surface area (Å²) < 4.78 is 23.2. The minimum absolute atomic E-state index is 0.0116. The van der Waals surface area contributed by atoms with Crippen LogP contribution in [0.4, 0.5) is 5.95 Å². The first-order valence-electron chi connectivity index (χ1n) is 8.03. The summed E-state index contributed by atoms with van der Waals surface area (Å²) in [6.45, 7) is 0.239. The molecule has 0 bridgehead atoms. The van der Waals surface area contributed by atoms with E-state index in [-0.39, 0.29) is 48.3 Å². The van der Waals surface area contributed by atoms with Crippen LogP contribution in [0.3, 0.4) is 0 Å². The molecule has 0 aliphatic carbocycles. The van der Waals surface area contributed by atoms with Gasteiger partial charge in [0.05, 0.1) is 22.9 Å². The number of hydrogen-bond donors (Lipinski definition) is 2. The summed E-state index contributed by atoms with van der Waals surface area (Å²) in [6.07, 6.45) is 2.14. The number of sulfone groups is 1. The van der Waals surface area contributed by atoms with Crippen molar-refractivity contribution in [3.63, 3.8) is 0 Å². The molecular weight excluding hydrogens is 346 g/mol. The Kier molecular flexibility index (Phi) is 3.71. The van der Waals surface area contributed by atoms with Crippen molar-refractivity contribution in [3.8, 4) is 0 Å². The van der Waals surface area contributed by atoms with Crippen molar-refractivity contribution in [2.45, 2.75) is 18.9 Å². The van der Waals surface area contributed by atoms with Crippen LogP contribution >= 0.6 is 0 Å². The number of carbonyl (C=O) groups excluding carboxylic acids is 2. The number of fused-ring (bicyclic) bond motifs is 1. The zero-order valence-electron chi connectivity index (χ0n) is 13.3. The molecule has 10 heteroatoms. The number of pyridine rings is 1. The summed E-state index contributed by atoms with van der Waals surface area (Å²) in [4.78, 5) is 37.4. The van der Waals surface area contributed by atoms with Crippen LogP contribution in [-0.2, 0) is 19.4 Å². The SMILES string of the molecule is O=C(Nc1nc2ncccc2[nH]1)C1CC(=O)N(C2CCS(=O)(=O)C2)C1. The van der Waals surface area contributed by atoms with Crippen molar-refractivity contribution in [2.24, 2.45) is 5.92 Å². The number of nitrogens with one attached hydrogen (secondary N) is 2. The van der Waals surface area contributed by atoms with Crippen molar-refractivity contribution >= 4 is 38.8 Å². The second-order valence-corrected chi connectivity index (χ2v) is 8.68. The quantitative estimate of drug-likeness (QED) is 0.786. The van der Waals surface area contributed by atoms with Gasteiger partial charge in [0.25, 0.3) is 0 Å². The van der Waals surface area contributed by atoms with Crippen LogP contribution in [0.15, 0.2) is 18.3 Å². The van der Waals surface area contributed by atoms with Crippen molar-refractivity contribution < 1.29 is 18.0 Å². The minimum Gasteiger partial charge on any atom is -0.338 e. The Morgan fingerprint density at radius 1 is 1.40 bits per heavy atom. The zero-order chi connectivity index (χ0) is 17.6. The fourth-order valence-corrected chi connectivity index (χ4v) is 5.14. The summed E-state index contributed by atoms with van der Waals surface area (Å²) in [5.74, 6) is -0.624. The van der Waals surface area contributed by atoms with Crippen LogP contribution in [0.1, 0.15) is 12.8 Å². The smallest absolute Gasteiger partial charge is 0.232 e. The van der Waals surface area contributed by atoms with Crippen LogP contribution in [0.5, 0.6) is 0 Å². The van der Waals surface area contributed by atoms with Crippen LogP contribution in [0, 0.1) is 5.92 Å². The molecule has 2 N–H and O–H groups in total. The molecule has 25 heavy (non-hydrogen) atoms. The maximum Gasteiger partial charge on any atom is 0.232 e. The molecule has 2 unspecified atom stereocenters. The third kappa shape index (κ3) is 3.09. The molecule has 9 nitrogen and oxygen atoms in total. The van der Waals surface area contributed by atoms with Crippen LogP contribution in [0.25, 0.3) is 11.2 Å². The summed E-state index contributed by atoms with van der Waals surface area (Å²) in [7, 11) is -3.07. The Bertz CT molecular complexity index is 921. The van der Waals surface area contributed by atoms with E-state index in [4.69, 9.17) is 0 Å². The second kappa shape index (κ2) is 5.80. The van der Waals surface area contributed by atoms with Crippen LogP contribution in [0.2, 0.25) is 0 Å². The first-order valence-corrected chi connectivity index (χ1v) is 9.85. The van der Waals surface area contributed by atoms with E-state index < -0.39 is 15.8 Å². The third-order valence-electron chi connectivity index (χ3n) is 4.68. The highest BCUT2D eigenvalue weighted by molar-refractivity contribution is 7.91. The summed E-state index contributed by atoms with van der Waals surface area (Å²) in [6, 6.07) is 3.24. The second-order valence-electron chi connectivity index (χ2n) is 6.45. The zero-order valence-corrected chi connectivity index (χ0v) is 14.1. The standard InChI is InChI=1S/C15H17N5O4S/c21-12-6-9(7-20(12)10-3-5-25(23,24)8-10)14(22)19-15-17-11-2-1-4-16-13(11)18-15/h1-2,4,9-10H,3,5-8H2,(H2,16,17,18,19,22). The fraction of sp³-hybridized carbons (Fsp3) is 0.467. The molecule has 2 aliphatic heterocycles. The molecule has 2 aromatic heterocycles. The summed E-state index contributed by atoms with van der Waals surface area (Å²) in [5.41, 5.74) is 1.20. The number of likely N-dealkylation sites (tertiary alicyclic amines) is 1. The number of aromatic amines is 1. The Labute approximate surface area is 143 Å². The van der Waals surface area contributed by atoms with E-state index in [2.05, 4.69) is 20.3 Å². The average molecular weight is 363 g/mol. The van der Waals surface area contributed by atoms with Crippen molar-refractivity contribution in [3.05, 3.63) is 18.3 Å². The molecule has 0 aromatic carbocycles. The van der Waals surface area contributed by atoms with Gasteiger partial charge in [-0.3, -0.25) is 14.9 Å². The topological polar surface area (TPSA) is 125 Å². The van der Waals surface area contributed by atoms with E-state index in [1.807, 2.05) is 0 Å². The maximum atomic E-state index is 12.4. The number of H-pyrrole nitrogens is 1. The van der Waals surface area contributed by atoms with Gasteiger partial charge in [0.2, 0.25) is 17.8 Å². The van der Waals surface area contributed by atoms with E-state index in [1.165, 1.54) is 4.90 Å². The molecule has 2 atom stereocenters. The number of imidazole rings is 1. The average Bonchev–Trinajstić information content (AvgIpc) is 3.23. The lowest BCUT2D eigenvalue weighted by molar-refractivity contribution is -0.129. The molecule has 4 rings (SSSR count). The largest absolute Gasteiger partial charge is 0.338 e. The number of aromatic nitrogens is 3. The molecule has 4 heterocycles. The molecule has 0 saturated carbocycles. The normalized spacial score (nSPS) is 25.6. The van der Waals surface area contributed by atoms with Gasteiger partial charge in [-0.15, -0.1) is 0 Å². The van der Waals surface area contributed by atoms with Gasteiger partial charge in [-0.1, -0.05) is 0 Å². The molecule has 2 amide bonds. The van der Waals surface area contributed by atoms with Gasteiger partial charge in [-0.25, -0.2) is 13.4 Å². The van der Waals surface area contributed by atoms with Crippen molar-refractivity contribution in [1.82, 2.24) is 19.9 Å². The molecule has 0 spiro atoms. The Hall–Kier alpha value is -2.49. The van der Waals surface area contributed by atoms with E-state index in [0.717, 1.165) is 0 Å². The van der Waals surface area contributed by atoms with Crippen molar-refractivity contribution in [2.75, 3.05) is 23.4 Å². The molecule has 2 aliphatic rings. The first-order chi connectivity index (χ1) is 11.9. The number of anilines is 1. The molecule has 2 fully saturated rings. The lowest BCUT2D eigenvalue weighted by Crippen LogP contribution is -2.38. The first kappa shape index (κ1) is 16.0. The highest BCUT2D eigenvalue weighted by Gasteiger charge is 2.42. The highest BCUT2D eigenvalue weighted by atomic mass is 32.2. The fourth-order valence-electron chi connectivity index (χ4n) is 3.40. The molecule has 2 aromatic rings. The van der Waals surface area contributed by atoms with E-state index >= 15 is 0 Å². The third-order valence-corrected chi connectivity index (χ3v) is 6.43. The Morgan fingerprint density at radius 3 is 2.96 bits per heavy atom. The van der Waals surface area contributed by atoms with Gasteiger partial charge in [0.1, 0.15) is 0 Å². The van der Waals surface area contributed by atoms with E-state index in [9.17, 15) is 18.0 Å². The van der Waals surface area contributed by atoms with Gasteiger partial charge in [0.15, 0.2) is 15.5 Å². The lowest BCUT2D eigenvalue weighted by Gasteiger charge is -2.22. The van der Waals surface area contributed by atoms with Gasteiger partial charge >= 0.3 is 0 Å². The maximum absolute atomic E-state index is 12.4. The Balaban J connectivity index is 1.43.